The van der Waals surface area contributed by atoms with Crippen LogP contribution < -0.4 is 16.5 Å². The molecule has 1 heterocycles. The maximum Gasteiger partial charge on any atom is 0.262 e. The van der Waals surface area contributed by atoms with Crippen molar-refractivity contribution >= 4 is 23.3 Å². The van der Waals surface area contributed by atoms with Gasteiger partial charge < -0.3 is 11.1 Å². The maximum atomic E-state index is 12.2. The minimum atomic E-state index is -0.559. The summed E-state index contributed by atoms with van der Waals surface area (Å²) in [6.07, 6.45) is 3.54. The highest BCUT2D eigenvalue weighted by molar-refractivity contribution is 6.31. The molecule has 0 spiro atoms. The van der Waals surface area contributed by atoms with E-state index in [1.54, 1.807) is 0 Å². The number of benzene rings is 1. The fourth-order valence-electron chi connectivity index (χ4n) is 2.87. The molecule has 2 aliphatic rings. The van der Waals surface area contributed by atoms with Gasteiger partial charge in [0.05, 0.1) is 6.61 Å². The largest absolute Gasteiger partial charge is 0.318 e. The number of hydroxylamine groups is 1. The highest BCUT2D eigenvalue weighted by Gasteiger charge is 2.41. The van der Waals surface area contributed by atoms with Crippen LogP contribution in [0.15, 0.2) is 24.3 Å². The van der Waals surface area contributed by atoms with E-state index in [4.69, 9.17) is 17.3 Å². The molecule has 1 aromatic carbocycles. The average Bonchev–Trinajstić information content (AvgIpc) is 2.93. The first-order chi connectivity index (χ1) is 11.0. The number of likely N-dealkylation sites (N-methyl/N-ethyl adjacent to an activating group) is 1. The second-order valence-electron chi connectivity index (χ2n) is 5.65. The molecule has 6 nitrogen and oxygen atoms in total. The molecule has 2 atom stereocenters. The van der Waals surface area contributed by atoms with Gasteiger partial charge in [-0.05, 0) is 31.5 Å². The van der Waals surface area contributed by atoms with Crippen molar-refractivity contribution in [3.63, 3.8) is 0 Å². The van der Waals surface area contributed by atoms with E-state index in [1.807, 2.05) is 31.3 Å². The second kappa shape index (κ2) is 7.88. The molecule has 1 aliphatic carbocycles. The van der Waals surface area contributed by atoms with E-state index in [0.29, 0.717) is 18.1 Å². The van der Waals surface area contributed by atoms with E-state index in [2.05, 4.69) is 15.6 Å². The molecule has 3 rings (SSSR count). The summed E-state index contributed by atoms with van der Waals surface area (Å²) in [5.74, 6) is 0.0225. The van der Waals surface area contributed by atoms with Crippen molar-refractivity contribution < 1.29 is 14.4 Å². The monoisotopic (exact) mass is 339 g/mol. The minimum Gasteiger partial charge on any atom is -0.318 e. The minimum absolute atomic E-state index is 0.236. The van der Waals surface area contributed by atoms with Gasteiger partial charge in [-0.3, -0.25) is 14.4 Å². The lowest BCUT2D eigenvalue weighted by Gasteiger charge is -2.36. The number of ketones is 1. The van der Waals surface area contributed by atoms with Gasteiger partial charge in [-0.25, -0.2) is 5.48 Å². The van der Waals surface area contributed by atoms with Crippen molar-refractivity contribution in [1.82, 2.24) is 10.8 Å². The normalized spacial score (nSPS) is 27.2. The molecular formula is C16H22ClN3O3. The Kier molecular flexibility index (Phi) is 6.12. The zero-order valence-electron chi connectivity index (χ0n) is 13.1. The van der Waals surface area contributed by atoms with E-state index in [-0.39, 0.29) is 11.7 Å². The zero-order chi connectivity index (χ0) is 16.9. The quantitative estimate of drug-likeness (QED) is 0.754. The van der Waals surface area contributed by atoms with Gasteiger partial charge in [-0.1, -0.05) is 36.2 Å². The number of rotatable bonds is 2. The van der Waals surface area contributed by atoms with Crippen LogP contribution in [0, 0.1) is 0 Å². The molecule has 1 aliphatic heterocycles. The second-order valence-corrected chi connectivity index (χ2v) is 6.06. The standard InChI is InChI=1S/C13H16ClNO.C3H6N2O2/c1-15-13(9-5-4-8-12(13)16)10-6-2-3-7-11(10)14;4-2-1-7-5-3(2)6/h2-3,6-7,15H,4-5,8-9H2,1H3;2H,1,4H2,(H,5,6)/t;2-/m.1/s1. The van der Waals surface area contributed by atoms with Gasteiger partial charge in [0.2, 0.25) is 0 Å². The fourth-order valence-corrected chi connectivity index (χ4v) is 3.17. The van der Waals surface area contributed by atoms with Crippen LogP contribution in [-0.2, 0) is 20.0 Å². The van der Waals surface area contributed by atoms with E-state index < -0.39 is 11.6 Å². The lowest BCUT2D eigenvalue weighted by atomic mass is 9.75. The fraction of sp³-hybridized carbons (Fsp3) is 0.500. The molecule has 1 amide bonds. The van der Waals surface area contributed by atoms with Crippen LogP contribution in [0.2, 0.25) is 5.02 Å². The Hall–Kier alpha value is -1.47. The molecule has 1 saturated carbocycles. The van der Waals surface area contributed by atoms with E-state index in [0.717, 1.165) is 24.8 Å². The third-order valence-corrected chi connectivity index (χ3v) is 4.54. The number of nitrogens with one attached hydrogen (secondary N) is 2. The Morgan fingerprint density at radius 1 is 1.35 bits per heavy atom. The number of amides is 1. The lowest BCUT2D eigenvalue weighted by molar-refractivity contribution is -0.127. The van der Waals surface area contributed by atoms with Crippen molar-refractivity contribution in [2.45, 2.75) is 37.3 Å². The van der Waals surface area contributed by atoms with Gasteiger partial charge in [-0.2, -0.15) is 0 Å². The van der Waals surface area contributed by atoms with Gasteiger partial charge in [0.1, 0.15) is 11.6 Å². The summed E-state index contributed by atoms with van der Waals surface area (Å²) in [4.78, 5) is 26.8. The van der Waals surface area contributed by atoms with Crippen molar-refractivity contribution in [2.24, 2.45) is 5.73 Å². The summed E-state index contributed by atoms with van der Waals surface area (Å²) < 4.78 is 0. The summed E-state index contributed by atoms with van der Waals surface area (Å²) in [5.41, 5.74) is 7.61. The molecule has 1 unspecified atom stereocenters. The van der Waals surface area contributed by atoms with Crippen LogP contribution >= 0.6 is 11.6 Å². The predicted molar refractivity (Wildman–Crippen MR) is 87.7 cm³/mol. The molecule has 0 bridgehead atoms. The molecule has 7 heteroatoms. The van der Waals surface area contributed by atoms with Gasteiger partial charge in [0, 0.05) is 11.4 Å². The van der Waals surface area contributed by atoms with Crippen LogP contribution in [0.4, 0.5) is 0 Å². The number of nitrogens with two attached hydrogens (primary N) is 1. The first-order valence-electron chi connectivity index (χ1n) is 7.65. The molecule has 4 N–H and O–H groups in total. The first kappa shape index (κ1) is 17.9. The average molecular weight is 340 g/mol. The molecular weight excluding hydrogens is 318 g/mol. The topological polar surface area (TPSA) is 93.5 Å². The Balaban J connectivity index is 0.000000229. The number of hydrogen-bond acceptors (Lipinski definition) is 5. The Morgan fingerprint density at radius 2 is 2.09 bits per heavy atom. The SMILES string of the molecule is CNC1(c2ccccc2Cl)CCCCC1=O.N[C@@H]1CONC1=O. The lowest BCUT2D eigenvalue weighted by Crippen LogP contribution is -2.49. The summed E-state index contributed by atoms with van der Waals surface area (Å²) in [6, 6.07) is 7.16. The van der Waals surface area contributed by atoms with E-state index >= 15 is 0 Å². The van der Waals surface area contributed by atoms with Crippen LogP contribution in [0.1, 0.15) is 31.2 Å². The van der Waals surface area contributed by atoms with Crippen molar-refractivity contribution in [2.75, 3.05) is 13.7 Å². The molecule has 2 fully saturated rings. The van der Waals surface area contributed by atoms with Crippen molar-refractivity contribution in [3.8, 4) is 0 Å². The van der Waals surface area contributed by atoms with E-state index in [9.17, 15) is 9.59 Å². The molecule has 126 valence electrons. The van der Waals surface area contributed by atoms with Crippen LogP contribution in [0.3, 0.4) is 0 Å². The number of halogens is 1. The smallest absolute Gasteiger partial charge is 0.262 e. The number of Topliss-reactive ketones (excluding diaryl/α,β-unsaturated/α-hetero) is 1. The van der Waals surface area contributed by atoms with Gasteiger partial charge in [0.25, 0.3) is 5.91 Å². The Labute approximate surface area is 140 Å². The summed E-state index contributed by atoms with van der Waals surface area (Å²) in [5, 5.41) is 3.86. The van der Waals surface area contributed by atoms with Crippen molar-refractivity contribution in [1.29, 1.82) is 0 Å². The highest BCUT2D eigenvalue weighted by Crippen LogP contribution is 2.37. The summed E-state index contributed by atoms with van der Waals surface area (Å²) >= 11 is 6.20. The highest BCUT2D eigenvalue weighted by atomic mass is 35.5. The number of carbonyl (C=O) groups excluding carboxylic acids is 2. The molecule has 0 aromatic heterocycles. The summed E-state index contributed by atoms with van der Waals surface area (Å²) in [6.45, 7) is 0.291. The third-order valence-electron chi connectivity index (χ3n) is 4.21. The van der Waals surface area contributed by atoms with Crippen LogP contribution in [0.25, 0.3) is 0 Å². The molecule has 1 saturated heterocycles. The number of carbonyl (C=O) groups is 2. The molecule has 0 radical (unpaired) electrons. The van der Waals surface area contributed by atoms with Crippen LogP contribution in [-0.4, -0.2) is 31.4 Å². The molecule has 1 aromatic rings. The van der Waals surface area contributed by atoms with Gasteiger partial charge >= 0.3 is 0 Å². The predicted octanol–water partition coefficient (Wildman–Crippen LogP) is 1.27. The van der Waals surface area contributed by atoms with Gasteiger partial charge in [0.15, 0.2) is 5.78 Å². The first-order valence-corrected chi connectivity index (χ1v) is 8.03. The Bertz CT molecular complexity index is 581. The Morgan fingerprint density at radius 3 is 2.57 bits per heavy atom. The van der Waals surface area contributed by atoms with Crippen LogP contribution in [0.5, 0.6) is 0 Å². The third kappa shape index (κ3) is 3.90. The van der Waals surface area contributed by atoms with Crippen molar-refractivity contribution in [3.05, 3.63) is 34.9 Å². The maximum absolute atomic E-state index is 12.2. The zero-order valence-corrected chi connectivity index (χ0v) is 13.9. The number of hydrogen-bond donors (Lipinski definition) is 3. The van der Waals surface area contributed by atoms with Gasteiger partial charge in [-0.15, -0.1) is 0 Å². The molecule has 23 heavy (non-hydrogen) atoms. The summed E-state index contributed by atoms with van der Waals surface area (Å²) in [7, 11) is 1.84. The van der Waals surface area contributed by atoms with E-state index in [1.165, 1.54) is 0 Å².